The summed E-state index contributed by atoms with van der Waals surface area (Å²) in [6.45, 7) is 8.80. The number of ether oxygens (including phenoxy) is 2. The number of hydrogen-bond acceptors (Lipinski definition) is 4. The third-order valence-corrected chi connectivity index (χ3v) is 4.71. The highest BCUT2D eigenvalue weighted by molar-refractivity contribution is 5.80. The van der Waals surface area contributed by atoms with E-state index in [1.54, 1.807) is 7.11 Å². The molecule has 1 heterocycles. The smallest absolute Gasteiger partial charge is 0.194 e. The van der Waals surface area contributed by atoms with Crippen LogP contribution in [0.3, 0.4) is 0 Å². The van der Waals surface area contributed by atoms with Gasteiger partial charge in [-0.25, -0.2) is 4.99 Å². The Balaban J connectivity index is 1.95. The highest BCUT2D eigenvalue weighted by Crippen LogP contribution is 2.18. The number of aliphatic imine (C=N–C) groups is 1. The van der Waals surface area contributed by atoms with Crippen molar-refractivity contribution >= 4 is 5.96 Å². The summed E-state index contributed by atoms with van der Waals surface area (Å²) in [5.41, 5.74) is 2.63. The van der Waals surface area contributed by atoms with E-state index in [2.05, 4.69) is 60.4 Å². The number of nitrogens with zero attached hydrogens (tertiary/aromatic N) is 3. The third-order valence-electron chi connectivity index (χ3n) is 4.71. The molecule has 1 fully saturated rings. The lowest BCUT2D eigenvalue weighted by molar-refractivity contribution is 0.0536. The summed E-state index contributed by atoms with van der Waals surface area (Å²) in [4.78, 5) is 9.49. The topological polar surface area (TPSA) is 49.3 Å². The minimum atomic E-state index is 0.562. The minimum absolute atomic E-state index is 0.562. The predicted molar refractivity (Wildman–Crippen MR) is 111 cm³/mol. The third kappa shape index (κ3) is 7.48. The quantitative estimate of drug-likeness (QED) is 0.385. The molecule has 1 atom stereocenters. The van der Waals surface area contributed by atoms with Crippen LogP contribution in [0.4, 0.5) is 0 Å². The summed E-state index contributed by atoms with van der Waals surface area (Å²) in [7, 11) is 5.91. The summed E-state index contributed by atoms with van der Waals surface area (Å²) in [6, 6.07) is 8.58. The average molecular weight is 377 g/mol. The van der Waals surface area contributed by atoms with E-state index >= 15 is 0 Å². The van der Waals surface area contributed by atoms with Gasteiger partial charge in [-0.3, -0.25) is 0 Å². The van der Waals surface area contributed by atoms with Crippen molar-refractivity contribution in [1.29, 1.82) is 0 Å². The molecule has 1 aliphatic heterocycles. The Bertz CT molecular complexity index is 577. The number of guanidine groups is 1. The van der Waals surface area contributed by atoms with Crippen LogP contribution < -0.4 is 5.32 Å². The maximum absolute atomic E-state index is 5.71. The monoisotopic (exact) mass is 376 g/mol. The maximum Gasteiger partial charge on any atom is 0.194 e. The Morgan fingerprint density at radius 2 is 2.04 bits per heavy atom. The van der Waals surface area contributed by atoms with Crippen LogP contribution in [-0.4, -0.2) is 76.4 Å². The molecule has 1 N–H and O–H groups in total. The zero-order valence-electron chi connectivity index (χ0n) is 17.4. The Morgan fingerprint density at radius 1 is 1.26 bits per heavy atom. The standard InChI is InChI=1S/C21H36N4O2/c1-5-22-21(25-11-10-18(15-25)17-27-13-12-26-4)23-14-19-8-6-7-9-20(19)16-24(2)3/h6-9,18H,5,10-17H2,1-4H3,(H,22,23). The molecule has 0 spiro atoms. The van der Waals surface area contributed by atoms with Gasteiger partial charge in [-0.2, -0.15) is 0 Å². The molecule has 0 bridgehead atoms. The van der Waals surface area contributed by atoms with Crippen LogP contribution in [0.1, 0.15) is 24.5 Å². The number of likely N-dealkylation sites (tertiary alicyclic amines) is 1. The van der Waals surface area contributed by atoms with Crippen LogP contribution >= 0.6 is 0 Å². The Kier molecular flexibility index (Phi) is 9.59. The first-order chi connectivity index (χ1) is 13.1. The van der Waals surface area contributed by atoms with Crippen LogP contribution in [0.25, 0.3) is 0 Å². The molecule has 0 saturated carbocycles. The van der Waals surface area contributed by atoms with Gasteiger partial charge in [0.05, 0.1) is 26.4 Å². The molecular formula is C21H36N4O2. The summed E-state index contributed by atoms with van der Waals surface area (Å²) in [5.74, 6) is 1.57. The Hall–Kier alpha value is -1.63. The van der Waals surface area contributed by atoms with Gasteiger partial charge >= 0.3 is 0 Å². The van der Waals surface area contributed by atoms with Crippen molar-refractivity contribution in [3.63, 3.8) is 0 Å². The lowest BCUT2D eigenvalue weighted by Gasteiger charge is -2.22. The second-order valence-corrected chi connectivity index (χ2v) is 7.35. The molecular weight excluding hydrogens is 340 g/mol. The van der Waals surface area contributed by atoms with Gasteiger partial charge in [0, 0.05) is 39.2 Å². The molecule has 1 aliphatic rings. The summed E-state index contributed by atoms with van der Waals surface area (Å²) in [5, 5.41) is 3.46. The second kappa shape index (κ2) is 12.0. The molecule has 6 heteroatoms. The largest absolute Gasteiger partial charge is 0.382 e. The number of nitrogens with one attached hydrogen (secondary N) is 1. The molecule has 1 aromatic rings. The second-order valence-electron chi connectivity index (χ2n) is 7.35. The van der Waals surface area contributed by atoms with Crippen LogP contribution in [-0.2, 0) is 22.6 Å². The molecule has 0 radical (unpaired) electrons. The van der Waals surface area contributed by atoms with Crippen molar-refractivity contribution in [2.45, 2.75) is 26.4 Å². The Morgan fingerprint density at radius 3 is 2.74 bits per heavy atom. The number of hydrogen-bond donors (Lipinski definition) is 1. The molecule has 6 nitrogen and oxygen atoms in total. The van der Waals surface area contributed by atoms with E-state index in [4.69, 9.17) is 14.5 Å². The fourth-order valence-corrected chi connectivity index (χ4v) is 3.35. The van der Waals surface area contributed by atoms with Gasteiger partial charge in [-0.15, -0.1) is 0 Å². The SMILES string of the molecule is CCNC(=NCc1ccccc1CN(C)C)N1CCC(COCCOC)C1. The first kappa shape index (κ1) is 21.7. The van der Waals surface area contributed by atoms with Gasteiger partial charge in [0.1, 0.15) is 0 Å². The molecule has 2 rings (SSSR count). The summed E-state index contributed by atoms with van der Waals surface area (Å²) >= 11 is 0. The van der Waals surface area contributed by atoms with E-state index in [-0.39, 0.29) is 0 Å². The van der Waals surface area contributed by atoms with Crippen molar-refractivity contribution < 1.29 is 9.47 Å². The van der Waals surface area contributed by atoms with Crippen LogP contribution in [0.5, 0.6) is 0 Å². The fourth-order valence-electron chi connectivity index (χ4n) is 3.35. The van der Waals surface area contributed by atoms with E-state index < -0.39 is 0 Å². The van der Waals surface area contributed by atoms with E-state index in [0.717, 1.165) is 45.2 Å². The predicted octanol–water partition coefficient (Wildman–Crippen LogP) is 2.20. The van der Waals surface area contributed by atoms with E-state index in [9.17, 15) is 0 Å². The molecule has 1 saturated heterocycles. The van der Waals surface area contributed by atoms with E-state index in [0.29, 0.717) is 25.7 Å². The number of benzene rings is 1. The molecule has 0 aliphatic carbocycles. The van der Waals surface area contributed by atoms with E-state index in [1.165, 1.54) is 11.1 Å². The molecule has 1 unspecified atom stereocenters. The van der Waals surface area contributed by atoms with Gasteiger partial charge in [-0.05, 0) is 38.6 Å². The fraction of sp³-hybridized carbons (Fsp3) is 0.667. The van der Waals surface area contributed by atoms with Gasteiger partial charge in [0.2, 0.25) is 0 Å². The van der Waals surface area contributed by atoms with Crippen molar-refractivity contribution in [2.24, 2.45) is 10.9 Å². The maximum atomic E-state index is 5.71. The van der Waals surface area contributed by atoms with Crippen LogP contribution in [0.2, 0.25) is 0 Å². The van der Waals surface area contributed by atoms with Crippen LogP contribution in [0, 0.1) is 5.92 Å². The minimum Gasteiger partial charge on any atom is -0.382 e. The van der Waals surface area contributed by atoms with Crippen LogP contribution in [0.15, 0.2) is 29.3 Å². The first-order valence-electron chi connectivity index (χ1n) is 9.95. The lowest BCUT2D eigenvalue weighted by Crippen LogP contribution is -2.40. The van der Waals surface area contributed by atoms with Crippen molar-refractivity contribution in [2.75, 3.05) is 60.7 Å². The molecule has 27 heavy (non-hydrogen) atoms. The summed E-state index contributed by atoms with van der Waals surface area (Å²) in [6.07, 6.45) is 1.15. The highest BCUT2D eigenvalue weighted by Gasteiger charge is 2.25. The summed E-state index contributed by atoms with van der Waals surface area (Å²) < 4.78 is 10.7. The first-order valence-corrected chi connectivity index (χ1v) is 9.95. The zero-order chi connectivity index (χ0) is 19.5. The Labute approximate surface area is 164 Å². The average Bonchev–Trinajstić information content (AvgIpc) is 3.12. The lowest BCUT2D eigenvalue weighted by atomic mass is 10.1. The van der Waals surface area contributed by atoms with Crippen molar-refractivity contribution in [1.82, 2.24) is 15.1 Å². The van der Waals surface area contributed by atoms with Gasteiger partial charge in [0.15, 0.2) is 5.96 Å². The van der Waals surface area contributed by atoms with Gasteiger partial charge < -0.3 is 24.6 Å². The molecule has 0 aromatic heterocycles. The molecule has 0 amide bonds. The molecule has 152 valence electrons. The van der Waals surface area contributed by atoms with Gasteiger partial charge in [0.25, 0.3) is 0 Å². The van der Waals surface area contributed by atoms with Gasteiger partial charge in [-0.1, -0.05) is 24.3 Å². The number of methoxy groups -OCH3 is 1. The van der Waals surface area contributed by atoms with E-state index in [1.807, 2.05) is 0 Å². The normalized spacial score (nSPS) is 17.7. The van der Waals surface area contributed by atoms with Crippen molar-refractivity contribution in [3.8, 4) is 0 Å². The van der Waals surface area contributed by atoms with Crippen molar-refractivity contribution in [3.05, 3.63) is 35.4 Å². The zero-order valence-corrected chi connectivity index (χ0v) is 17.4. The number of rotatable bonds is 10. The molecule has 1 aromatic carbocycles. The highest BCUT2D eigenvalue weighted by atomic mass is 16.5.